The highest BCUT2D eigenvalue weighted by Crippen LogP contribution is 2.24. The van der Waals surface area contributed by atoms with Gasteiger partial charge in [-0.15, -0.1) is 5.10 Å². The average molecular weight is 368 g/mol. The van der Waals surface area contributed by atoms with E-state index < -0.39 is 0 Å². The van der Waals surface area contributed by atoms with Crippen molar-refractivity contribution in [2.24, 2.45) is 0 Å². The molecule has 7 heteroatoms. The zero-order valence-corrected chi connectivity index (χ0v) is 15.6. The summed E-state index contributed by atoms with van der Waals surface area (Å²) in [6.45, 7) is 3.86. The molecule has 3 aromatic rings. The van der Waals surface area contributed by atoms with Crippen LogP contribution in [0.1, 0.15) is 12.5 Å². The second kappa shape index (κ2) is 8.05. The van der Waals surface area contributed by atoms with Gasteiger partial charge in [0.05, 0.1) is 12.4 Å². The predicted molar refractivity (Wildman–Crippen MR) is 103 cm³/mol. The van der Waals surface area contributed by atoms with E-state index in [1.807, 2.05) is 38.1 Å². The number of anilines is 1. The predicted octanol–water partition coefficient (Wildman–Crippen LogP) is 3.91. The van der Waals surface area contributed by atoms with Crippen LogP contribution in [0.5, 0.6) is 5.75 Å². The topological polar surface area (TPSA) is 79.9 Å². The van der Waals surface area contributed by atoms with Crippen LogP contribution in [-0.4, -0.2) is 33.4 Å². The fourth-order valence-electron chi connectivity index (χ4n) is 2.27. The molecule has 0 saturated carbocycles. The molecule has 0 fully saturated rings. The number of benzene rings is 2. The summed E-state index contributed by atoms with van der Waals surface area (Å²) in [4.78, 5) is 16.8. The molecule has 26 heavy (non-hydrogen) atoms. The Morgan fingerprint density at radius 3 is 2.50 bits per heavy atom. The van der Waals surface area contributed by atoms with Crippen molar-refractivity contribution in [1.29, 1.82) is 0 Å². The SMILES string of the molecule is COc1ccc(NC(=O)[C@@H](C)Sc2n[nH]c(-c3ccc(C)cc3)n2)cc1. The van der Waals surface area contributed by atoms with Crippen molar-refractivity contribution in [3.8, 4) is 17.1 Å². The second-order valence-electron chi connectivity index (χ2n) is 5.81. The van der Waals surface area contributed by atoms with Crippen LogP contribution in [0.2, 0.25) is 0 Å². The van der Waals surface area contributed by atoms with Crippen molar-refractivity contribution >= 4 is 23.4 Å². The molecule has 2 N–H and O–H groups in total. The fourth-order valence-corrected chi connectivity index (χ4v) is 2.99. The van der Waals surface area contributed by atoms with Crippen LogP contribution in [0.4, 0.5) is 5.69 Å². The third kappa shape index (κ3) is 4.43. The monoisotopic (exact) mass is 368 g/mol. The Labute approximate surface area is 156 Å². The van der Waals surface area contributed by atoms with Crippen molar-refractivity contribution in [3.05, 3.63) is 54.1 Å². The number of aryl methyl sites for hydroxylation is 1. The van der Waals surface area contributed by atoms with E-state index in [0.29, 0.717) is 11.0 Å². The Morgan fingerprint density at radius 1 is 1.15 bits per heavy atom. The first kappa shape index (κ1) is 18.0. The van der Waals surface area contributed by atoms with Gasteiger partial charge in [-0.25, -0.2) is 4.98 Å². The number of hydrogen-bond donors (Lipinski definition) is 2. The molecule has 6 nitrogen and oxygen atoms in total. The summed E-state index contributed by atoms with van der Waals surface area (Å²) in [5.74, 6) is 1.33. The quantitative estimate of drug-likeness (QED) is 0.645. The lowest BCUT2D eigenvalue weighted by Gasteiger charge is -2.10. The summed E-state index contributed by atoms with van der Waals surface area (Å²) in [6, 6.07) is 15.2. The van der Waals surface area contributed by atoms with E-state index in [0.717, 1.165) is 17.0 Å². The van der Waals surface area contributed by atoms with Gasteiger partial charge < -0.3 is 10.1 Å². The summed E-state index contributed by atoms with van der Waals surface area (Å²) in [5.41, 5.74) is 2.87. The Bertz CT molecular complexity index is 875. The molecular formula is C19H20N4O2S. The number of aromatic nitrogens is 3. The molecule has 1 amide bonds. The number of carbonyl (C=O) groups excluding carboxylic acids is 1. The number of nitrogens with one attached hydrogen (secondary N) is 2. The Kier molecular flexibility index (Phi) is 5.58. The lowest BCUT2D eigenvalue weighted by Crippen LogP contribution is -2.22. The lowest BCUT2D eigenvalue weighted by atomic mass is 10.1. The minimum absolute atomic E-state index is 0.109. The number of methoxy groups -OCH3 is 1. The van der Waals surface area contributed by atoms with Crippen molar-refractivity contribution in [2.75, 3.05) is 12.4 Å². The Morgan fingerprint density at radius 2 is 1.85 bits per heavy atom. The molecule has 0 bridgehead atoms. The highest BCUT2D eigenvalue weighted by Gasteiger charge is 2.17. The minimum Gasteiger partial charge on any atom is -0.497 e. The normalized spacial score (nSPS) is 11.8. The zero-order valence-electron chi connectivity index (χ0n) is 14.8. The van der Waals surface area contributed by atoms with Crippen LogP contribution < -0.4 is 10.1 Å². The van der Waals surface area contributed by atoms with Crippen LogP contribution in [0.15, 0.2) is 53.7 Å². The van der Waals surface area contributed by atoms with Crippen molar-refractivity contribution in [3.63, 3.8) is 0 Å². The van der Waals surface area contributed by atoms with Gasteiger partial charge in [-0.05, 0) is 38.1 Å². The van der Waals surface area contributed by atoms with E-state index in [1.165, 1.54) is 17.3 Å². The number of ether oxygens (including phenoxy) is 1. The van der Waals surface area contributed by atoms with E-state index in [-0.39, 0.29) is 11.2 Å². The standard InChI is InChI=1S/C19H20N4O2S/c1-12-4-6-14(7-5-12)17-21-19(23-22-17)26-13(2)18(24)20-15-8-10-16(25-3)11-9-15/h4-11,13H,1-3H3,(H,20,24)(H,21,22,23)/t13-/m1/s1. The maximum absolute atomic E-state index is 12.4. The van der Waals surface area contributed by atoms with Crippen LogP contribution in [0.3, 0.4) is 0 Å². The summed E-state index contributed by atoms with van der Waals surface area (Å²) in [5, 5.41) is 10.2. The van der Waals surface area contributed by atoms with Gasteiger partial charge in [0.15, 0.2) is 5.82 Å². The van der Waals surface area contributed by atoms with Gasteiger partial charge >= 0.3 is 0 Å². The van der Waals surface area contributed by atoms with Gasteiger partial charge in [0.25, 0.3) is 0 Å². The lowest BCUT2D eigenvalue weighted by molar-refractivity contribution is -0.115. The van der Waals surface area contributed by atoms with Crippen LogP contribution in [0, 0.1) is 6.92 Å². The molecule has 0 aliphatic heterocycles. The van der Waals surface area contributed by atoms with Crippen LogP contribution in [0.25, 0.3) is 11.4 Å². The number of nitrogens with zero attached hydrogens (tertiary/aromatic N) is 2. The number of amides is 1. The number of rotatable bonds is 6. The van der Waals surface area contributed by atoms with E-state index in [4.69, 9.17) is 4.74 Å². The molecule has 0 aliphatic rings. The highest BCUT2D eigenvalue weighted by molar-refractivity contribution is 8.00. The smallest absolute Gasteiger partial charge is 0.237 e. The average Bonchev–Trinajstić information content (AvgIpc) is 3.11. The molecule has 3 rings (SSSR count). The molecule has 2 aromatic carbocycles. The van der Waals surface area contributed by atoms with E-state index in [2.05, 4.69) is 20.5 Å². The number of hydrogen-bond acceptors (Lipinski definition) is 5. The molecule has 0 spiro atoms. The summed E-state index contributed by atoms with van der Waals surface area (Å²) < 4.78 is 5.11. The summed E-state index contributed by atoms with van der Waals surface area (Å²) in [7, 11) is 1.61. The largest absolute Gasteiger partial charge is 0.497 e. The maximum atomic E-state index is 12.4. The summed E-state index contributed by atoms with van der Waals surface area (Å²) >= 11 is 1.31. The van der Waals surface area contributed by atoms with E-state index in [9.17, 15) is 4.79 Å². The number of carbonyl (C=O) groups is 1. The molecule has 0 aliphatic carbocycles. The van der Waals surface area contributed by atoms with Crippen LogP contribution >= 0.6 is 11.8 Å². The van der Waals surface area contributed by atoms with Gasteiger partial charge in [-0.2, -0.15) is 0 Å². The van der Waals surface area contributed by atoms with Gasteiger partial charge in [0, 0.05) is 11.3 Å². The molecule has 1 heterocycles. The number of H-pyrrole nitrogens is 1. The van der Waals surface area contributed by atoms with Gasteiger partial charge in [0.1, 0.15) is 5.75 Å². The summed E-state index contributed by atoms with van der Waals surface area (Å²) in [6.07, 6.45) is 0. The highest BCUT2D eigenvalue weighted by atomic mass is 32.2. The Hall–Kier alpha value is -2.80. The third-order valence-electron chi connectivity index (χ3n) is 3.80. The third-order valence-corrected chi connectivity index (χ3v) is 4.76. The first-order valence-electron chi connectivity index (χ1n) is 8.16. The molecule has 0 radical (unpaired) electrons. The molecule has 0 unspecified atom stereocenters. The minimum atomic E-state index is -0.334. The number of thioether (sulfide) groups is 1. The molecule has 0 saturated heterocycles. The van der Waals surface area contributed by atoms with Crippen LogP contribution in [-0.2, 0) is 4.79 Å². The number of aromatic amines is 1. The van der Waals surface area contributed by atoms with Gasteiger partial charge in [-0.3, -0.25) is 9.89 Å². The first-order valence-corrected chi connectivity index (χ1v) is 9.04. The maximum Gasteiger partial charge on any atom is 0.237 e. The van der Waals surface area contributed by atoms with E-state index in [1.54, 1.807) is 31.4 Å². The Balaban J connectivity index is 1.61. The van der Waals surface area contributed by atoms with Crippen molar-refractivity contribution in [1.82, 2.24) is 15.2 Å². The molecular weight excluding hydrogens is 348 g/mol. The van der Waals surface area contributed by atoms with E-state index >= 15 is 0 Å². The van der Waals surface area contributed by atoms with Crippen molar-refractivity contribution < 1.29 is 9.53 Å². The fraction of sp³-hybridized carbons (Fsp3) is 0.211. The molecule has 1 aromatic heterocycles. The van der Waals surface area contributed by atoms with Gasteiger partial charge in [-0.1, -0.05) is 41.6 Å². The molecule has 134 valence electrons. The van der Waals surface area contributed by atoms with Crippen molar-refractivity contribution in [2.45, 2.75) is 24.3 Å². The molecule has 1 atom stereocenters. The second-order valence-corrected chi connectivity index (χ2v) is 7.12. The first-order chi connectivity index (χ1) is 12.5. The van der Waals surface area contributed by atoms with Gasteiger partial charge in [0.2, 0.25) is 11.1 Å². The zero-order chi connectivity index (χ0) is 18.5.